The van der Waals surface area contributed by atoms with Crippen molar-refractivity contribution in [3.05, 3.63) is 41.6 Å². The molecule has 0 spiro atoms. The van der Waals surface area contributed by atoms with Gasteiger partial charge in [0.1, 0.15) is 6.17 Å². The maximum atomic E-state index is 14.2. The number of nitrogens with two attached hydrogens (primary N) is 1. The molecule has 1 aromatic carbocycles. The molecular formula is C21H33FN4O. The van der Waals surface area contributed by atoms with E-state index in [4.69, 9.17) is 10.5 Å². The van der Waals surface area contributed by atoms with E-state index in [0.29, 0.717) is 26.0 Å². The summed E-state index contributed by atoms with van der Waals surface area (Å²) >= 11 is 0. The molecule has 0 saturated carbocycles. The van der Waals surface area contributed by atoms with Crippen LogP contribution in [0.2, 0.25) is 0 Å². The second kappa shape index (κ2) is 9.15. The van der Waals surface area contributed by atoms with Crippen LogP contribution in [0, 0.1) is 0 Å². The van der Waals surface area contributed by atoms with Crippen LogP contribution >= 0.6 is 0 Å². The van der Waals surface area contributed by atoms with E-state index in [1.54, 1.807) is 7.11 Å². The van der Waals surface area contributed by atoms with Gasteiger partial charge in [-0.05, 0) is 49.1 Å². The summed E-state index contributed by atoms with van der Waals surface area (Å²) in [5.41, 5.74) is 12.9. The minimum atomic E-state index is -0.940. The van der Waals surface area contributed by atoms with Gasteiger partial charge in [0.05, 0.1) is 12.3 Å². The fourth-order valence-electron chi connectivity index (χ4n) is 4.06. The highest BCUT2D eigenvalue weighted by Gasteiger charge is 2.28. The second-order valence-corrected chi connectivity index (χ2v) is 8.13. The number of methoxy groups -OCH3 is 1. The highest BCUT2D eigenvalue weighted by Crippen LogP contribution is 2.32. The molecule has 0 aliphatic carbocycles. The molecule has 4 N–H and O–H groups in total. The van der Waals surface area contributed by atoms with E-state index < -0.39 is 6.17 Å². The van der Waals surface area contributed by atoms with E-state index in [1.807, 2.05) is 11.2 Å². The van der Waals surface area contributed by atoms with Gasteiger partial charge in [-0.3, -0.25) is 5.01 Å². The minimum absolute atomic E-state index is 0.207. The molecule has 27 heavy (non-hydrogen) atoms. The normalized spacial score (nSPS) is 25.3. The molecule has 0 amide bonds. The number of ether oxygens (including phenoxy) is 1. The highest BCUT2D eigenvalue weighted by atomic mass is 19.1. The Morgan fingerprint density at radius 2 is 2.11 bits per heavy atom. The Morgan fingerprint density at radius 3 is 2.78 bits per heavy atom. The lowest BCUT2D eigenvalue weighted by Gasteiger charge is -2.35. The zero-order valence-electron chi connectivity index (χ0n) is 16.5. The van der Waals surface area contributed by atoms with Crippen molar-refractivity contribution in [3.63, 3.8) is 0 Å². The monoisotopic (exact) mass is 376 g/mol. The van der Waals surface area contributed by atoms with Crippen LogP contribution in [0.15, 0.2) is 36.0 Å². The van der Waals surface area contributed by atoms with Crippen LogP contribution in [0.5, 0.6) is 0 Å². The SMILES string of the molecule is COCC(N)CC(F)CC1=CN(c2ccc([C@@]3(C)CCCNC3)cc2)NC1. The number of benzene rings is 1. The average molecular weight is 377 g/mol. The van der Waals surface area contributed by atoms with Crippen LogP contribution < -0.4 is 21.5 Å². The van der Waals surface area contributed by atoms with Gasteiger partial charge in [-0.2, -0.15) is 0 Å². The summed E-state index contributed by atoms with van der Waals surface area (Å²) in [6.07, 6.45) is 4.23. The molecule has 1 aromatic rings. The first-order valence-electron chi connectivity index (χ1n) is 9.92. The Labute approximate surface area is 162 Å². The van der Waals surface area contributed by atoms with E-state index in [2.05, 4.69) is 41.9 Å². The average Bonchev–Trinajstić information content (AvgIpc) is 3.11. The van der Waals surface area contributed by atoms with E-state index in [1.165, 1.54) is 18.4 Å². The summed E-state index contributed by atoms with van der Waals surface area (Å²) in [6.45, 7) is 5.54. The van der Waals surface area contributed by atoms with E-state index in [-0.39, 0.29) is 11.5 Å². The third kappa shape index (κ3) is 5.29. The Kier molecular flexibility index (Phi) is 6.87. The molecule has 3 rings (SSSR count). The molecule has 3 atom stereocenters. The lowest BCUT2D eigenvalue weighted by atomic mass is 9.76. The first kappa shape index (κ1) is 20.3. The topological polar surface area (TPSA) is 62.6 Å². The van der Waals surface area contributed by atoms with Gasteiger partial charge in [0.15, 0.2) is 0 Å². The molecule has 2 aliphatic rings. The fraction of sp³-hybridized carbons (Fsp3) is 0.619. The van der Waals surface area contributed by atoms with Crippen molar-refractivity contribution in [1.29, 1.82) is 0 Å². The lowest BCUT2D eigenvalue weighted by Crippen LogP contribution is -2.41. The highest BCUT2D eigenvalue weighted by molar-refractivity contribution is 5.52. The van der Waals surface area contributed by atoms with Gasteiger partial charge in [-0.25, -0.2) is 9.82 Å². The molecule has 0 radical (unpaired) electrons. The number of hydrogen-bond donors (Lipinski definition) is 3. The Balaban J connectivity index is 1.57. The van der Waals surface area contributed by atoms with Crippen LogP contribution in [-0.4, -0.2) is 45.6 Å². The van der Waals surface area contributed by atoms with Crippen molar-refractivity contribution in [2.24, 2.45) is 5.73 Å². The molecular weight excluding hydrogens is 343 g/mol. The molecule has 6 heteroatoms. The smallest absolute Gasteiger partial charge is 0.105 e. The fourth-order valence-corrected chi connectivity index (χ4v) is 4.06. The zero-order valence-corrected chi connectivity index (χ0v) is 16.5. The van der Waals surface area contributed by atoms with Crippen LogP contribution in [0.25, 0.3) is 0 Å². The van der Waals surface area contributed by atoms with E-state index >= 15 is 0 Å². The van der Waals surface area contributed by atoms with Crippen LogP contribution in [-0.2, 0) is 10.2 Å². The van der Waals surface area contributed by atoms with Gasteiger partial charge < -0.3 is 15.8 Å². The maximum Gasteiger partial charge on any atom is 0.105 e. The minimum Gasteiger partial charge on any atom is -0.383 e. The van der Waals surface area contributed by atoms with Gasteiger partial charge in [0, 0.05) is 44.3 Å². The number of halogens is 1. The zero-order chi connectivity index (χ0) is 19.3. The van der Waals surface area contributed by atoms with Gasteiger partial charge in [-0.1, -0.05) is 19.1 Å². The summed E-state index contributed by atoms with van der Waals surface area (Å²) in [5.74, 6) is 0. The third-order valence-corrected chi connectivity index (χ3v) is 5.65. The first-order valence-corrected chi connectivity index (χ1v) is 9.92. The van der Waals surface area contributed by atoms with Crippen molar-refractivity contribution < 1.29 is 9.13 Å². The first-order chi connectivity index (χ1) is 13.0. The molecule has 0 aromatic heterocycles. The van der Waals surface area contributed by atoms with Gasteiger partial charge in [0.2, 0.25) is 0 Å². The molecule has 150 valence electrons. The quantitative estimate of drug-likeness (QED) is 0.651. The van der Waals surface area contributed by atoms with Crippen LogP contribution in [0.1, 0.15) is 38.2 Å². The summed E-state index contributed by atoms with van der Waals surface area (Å²) in [5, 5.41) is 5.49. The number of alkyl halides is 1. The van der Waals surface area contributed by atoms with Crippen molar-refractivity contribution in [1.82, 2.24) is 10.7 Å². The Hall–Kier alpha value is -1.47. The van der Waals surface area contributed by atoms with Gasteiger partial charge in [0.25, 0.3) is 0 Å². The number of hydrazine groups is 1. The maximum absolute atomic E-state index is 14.2. The predicted octanol–water partition coefficient (Wildman–Crippen LogP) is 2.63. The van der Waals surface area contributed by atoms with Crippen molar-refractivity contribution in [3.8, 4) is 0 Å². The number of hydrogen-bond acceptors (Lipinski definition) is 5. The van der Waals surface area contributed by atoms with Crippen LogP contribution in [0.4, 0.5) is 10.1 Å². The number of piperidine rings is 1. The summed E-state index contributed by atoms with van der Waals surface area (Å²) in [6, 6.07) is 8.47. The molecule has 2 unspecified atom stereocenters. The van der Waals surface area contributed by atoms with Crippen molar-refractivity contribution in [2.75, 3.05) is 38.4 Å². The molecule has 0 bridgehead atoms. The third-order valence-electron chi connectivity index (χ3n) is 5.65. The number of nitrogens with one attached hydrogen (secondary N) is 2. The standard InChI is InChI=1S/C21H33FN4O/c1-21(8-3-9-24-15-21)17-4-6-20(7-5-17)26-13-16(12-25-26)10-18(22)11-19(23)14-27-2/h4-7,13,18-19,24-25H,3,8-12,14-15,23H2,1-2H3/t18?,19?,21-/m0/s1. The Morgan fingerprint density at radius 1 is 1.33 bits per heavy atom. The van der Waals surface area contributed by atoms with Gasteiger partial charge >= 0.3 is 0 Å². The van der Waals surface area contributed by atoms with Crippen molar-refractivity contribution in [2.45, 2.75) is 50.2 Å². The second-order valence-electron chi connectivity index (χ2n) is 8.13. The molecule has 2 aliphatic heterocycles. The number of rotatable bonds is 8. The summed E-state index contributed by atoms with van der Waals surface area (Å²) in [4.78, 5) is 0. The molecule has 5 nitrogen and oxygen atoms in total. The van der Waals surface area contributed by atoms with E-state index in [0.717, 1.165) is 24.4 Å². The molecule has 1 saturated heterocycles. The van der Waals surface area contributed by atoms with Crippen molar-refractivity contribution >= 4 is 5.69 Å². The predicted molar refractivity (Wildman–Crippen MR) is 108 cm³/mol. The number of anilines is 1. The Bertz CT molecular complexity index is 628. The summed E-state index contributed by atoms with van der Waals surface area (Å²) in [7, 11) is 1.59. The largest absolute Gasteiger partial charge is 0.383 e. The lowest BCUT2D eigenvalue weighted by molar-refractivity contribution is 0.161. The van der Waals surface area contributed by atoms with E-state index in [9.17, 15) is 4.39 Å². The molecule has 1 fully saturated rings. The van der Waals surface area contributed by atoms with Gasteiger partial charge in [-0.15, -0.1) is 0 Å². The molecule has 2 heterocycles. The number of nitrogens with zero attached hydrogens (tertiary/aromatic N) is 1. The summed E-state index contributed by atoms with van der Waals surface area (Å²) < 4.78 is 19.2. The van der Waals surface area contributed by atoms with Crippen LogP contribution in [0.3, 0.4) is 0 Å².